The summed E-state index contributed by atoms with van der Waals surface area (Å²) in [6.07, 6.45) is 9.87. The Labute approximate surface area is 101 Å². The monoisotopic (exact) mass is 224 g/mol. The third-order valence-corrected chi connectivity index (χ3v) is 4.04. The average Bonchev–Trinajstić information content (AvgIpc) is 3.10. The fourth-order valence-electron chi connectivity index (χ4n) is 2.52. The lowest BCUT2D eigenvalue weighted by Gasteiger charge is -2.30. The molecule has 1 aliphatic carbocycles. The topological polar surface area (TPSA) is 15.3 Å². The maximum absolute atomic E-state index is 3.59. The number of likely N-dealkylation sites (tertiary alicyclic amines) is 1. The van der Waals surface area contributed by atoms with Crippen LogP contribution in [-0.4, -0.2) is 37.1 Å². The minimum absolute atomic E-state index is 0.892. The molecule has 1 saturated heterocycles. The summed E-state index contributed by atoms with van der Waals surface area (Å²) in [6, 6.07) is 0.892. The van der Waals surface area contributed by atoms with Gasteiger partial charge in [-0.05, 0) is 70.6 Å². The third kappa shape index (κ3) is 4.84. The van der Waals surface area contributed by atoms with Gasteiger partial charge in [-0.15, -0.1) is 0 Å². The van der Waals surface area contributed by atoms with Crippen LogP contribution in [0.1, 0.15) is 51.9 Å². The molecular formula is C14H28N2. The zero-order chi connectivity index (χ0) is 11.2. The van der Waals surface area contributed by atoms with Crippen LogP contribution in [0.5, 0.6) is 0 Å². The number of unbranched alkanes of at least 4 members (excludes halogenated alkanes) is 2. The van der Waals surface area contributed by atoms with Gasteiger partial charge in [-0.2, -0.15) is 0 Å². The highest BCUT2D eigenvalue weighted by atomic mass is 15.1. The first-order valence-corrected chi connectivity index (χ1v) is 7.30. The first-order valence-electron chi connectivity index (χ1n) is 7.30. The van der Waals surface area contributed by atoms with E-state index in [1.165, 1.54) is 71.1 Å². The van der Waals surface area contributed by atoms with Gasteiger partial charge in [0.2, 0.25) is 0 Å². The number of rotatable bonds is 7. The summed E-state index contributed by atoms with van der Waals surface area (Å²) in [5.41, 5.74) is 0. The van der Waals surface area contributed by atoms with Crippen molar-refractivity contribution in [3.05, 3.63) is 0 Å². The minimum atomic E-state index is 0.892. The van der Waals surface area contributed by atoms with E-state index in [9.17, 15) is 0 Å². The Hall–Kier alpha value is -0.0800. The lowest BCUT2D eigenvalue weighted by atomic mass is 9.99. The molecule has 0 aromatic heterocycles. The van der Waals surface area contributed by atoms with E-state index >= 15 is 0 Å². The van der Waals surface area contributed by atoms with E-state index in [2.05, 4.69) is 17.1 Å². The summed E-state index contributed by atoms with van der Waals surface area (Å²) in [5.74, 6) is 0.971. The van der Waals surface area contributed by atoms with Crippen molar-refractivity contribution in [2.45, 2.75) is 57.9 Å². The molecule has 2 nitrogen and oxygen atoms in total. The van der Waals surface area contributed by atoms with Crippen molar-refractivity contribution in [2.24, 2.45) is 5.92 Å². The predicted octanol–water partition coefficient (Wildman–Crippen LogP) is 2.64. The molecule has 1 saturated carbocycles. The molecule has 2 aliphatic rings. The van der Waals surface area contributed by atoms with Gasteiger partial charge >= 0.3 is 0 Å². The summed E-state index contributed by atoms with van der Waals surface area (Å²) < 4.78 is 0. The summed E-state index contributed by atoms with van der Waals surface area (Å²) in [7, 11) is 0. The van der Waals surface area contributed by atoms with Gasteiger partial charge in [0.1, 0.15) is 0 Å². The van der Waals surface area contributed by atoms with E-state index in [0.717, 1.165) is 12.0 Å². The number of piperidine rings is 1. The van der Waals surface area contributed by atoms with E-state index in [4.69, 9.17) is 0 Å². The van der Waals surface area contributed by atoms with E-state index in [1.54, 1.807) is 0 Å². The second-order valence-electron chi connectivity index (χ2n) is 5.81. The van der Waals surface area contributed by atoms with Crippen LogP contribution in [0.2, 0.25) is 0 Å². The summed E-state index contributed by atoms with van der Waals surface area (Å²) in [5, 5.41) is 3.59. The fraction of sp³-hybridized carbons (Fsp3) is 1.00. The zero-order valence-electron chi connectivity index (χ0n) is 10.9. The highest BCUT2D eigenvalue weighted by Crippen LogP contribution is 2.18. The van der Waals surface area contributed by atoms with Crippen molar-refractivity contribution >= 4 is 0 Å². The van der Waals surface area contributed by atoms with Crippen molar-refractivity contribution in [3.63, 3.8) is 0 Å². The van der Waals surface area contributed by atoms with Crippen molar-refractivity contribution in [3.8, 4) is 0 Å². The van der Waals surface area contributed by atoms with Gasteiger partial charge in [0.05, 0.1) is 0 Å². The zero-order valence-corrected chi connectivity index (χ0v) is 10.9. The second-order valence-corrected chi connectivity index (χ2v) is 5.81. The Bertz CT molecular complexity index is 181. The molecular weight excluding hydrogens is 196 g/mol. The Morgan fingerprint density at radius 3 is 2.44 bits per heavy atom. The normalized spacial score (nSPS) is 23.8. The number of hydrogen-bond donors (Lipinski definition) is 1. The Morgan fingerprint density at radius 1 is 1.00 bits per heavy atom. The molecule has 0 bridgehead atoms. The lowest BCUT2D eigenvalue weighted by Crippen LogP contribution is -2.33. The molecule has 94 valence electrons. The smallest absolute Gasteiger partial charge is 0.00682 e. The lowest BCUT2D eigenvalue weighted by molar-refractivity contribution is 0.189. The molecule has 16 heavy (non-hydrogen) atoms. The molecule has 0 amide bonds. The van der Waals surface area contributed by atoms with Crippen molar-refractivity contribution in [2.75, 3.05) is 26.2 Å². The first-order chi connectivity index (χ1) is 7.84. The van der Waals surface area contributed by atoms with Gasteiger partial charge in [0.15, 0.2) is 0 Å². The molecule has 1 N–H and O–H groups in total. The maximum Gasteiger partial charge on any atom is 0.00682 e. The predicted molar refractivity (Wildman–Crippen MR) is 69.7 cm³/mol. The fourth-order valence-corrected chi connectivity index (χ4v) is 2.52. The summed E-state index contributed by atoms with van der Waals surface area (Å²) >= 11 is 0. The summed E-state index contributed by atoms with van der Waals surface area (Å²) in [4.78, 5) is 2.66. The molecule has 1 aliphatic heterocycles. The van der Waals surface area contributed by atoms with Crippen LogP contribution in [0.15, 0.2) is 0 Å². The molecule has 0 atom stereocenters. The molecule has 0 radical (unpaired) electrons. The van der Waals surface area contributed by atoms with Crippen LogP contribution >= 0.6 is 0 Å². The van der Waals surface area contributed by atoms with Crippen molar-refractivity contribution in [1.29, 1.82) is 0 Å². The largest absolute Gasteiger partial charge is 0.314 e. The quantitative estimate of drug-likeness (QED) is 0.669. The van der Waals surface area contributed by atoms with Gasteiger partial charge in [-0.1, -0.05) is 13.3 Å². The Balaban J connectivity index is 1.39. The van der Waals surface area contributed by atoms with Gasteiger partial charge < -0.3 is 10.2 Å². The molecule has 2 rings (SSSR count). The van der Waals surface area contributed by atoms with E-state index in [0.29, 0.717) is 0 Å². The average molecular weight is 224 g/mol. The molecule has 0 aromatic carbocycles. The highest BCUT2D eigenvalue weighted by Gasteiger charge is 2.19. The van der Waals surface area contributed by atoms with Crippen LogP contribution in [0.4, 0.5) is 0 Å². The summed E-state index contributed by atoms with van der Waals surface area (Å²) in [6.45, 7) is 7.68. The van der Waals surface area contributed by atoms with Gasteiger partial charge in [-0.3, -0.25) is 0 Å². The van der Waals surface area contributed by atoms with Gasteiger partial charge in [0, 0.05) is 6.04 Å². The van der Waals surface area contributed by atoms with Crippen LogP contribution in [0, 0.1) is 5.92 Å². The SMILES string of the molecule is CC1CCN(CCCCCNC2CC2)CC1. The standard InChI is InChI=1S/C14H28N2/c1-13-7-11-16(12-8-13)10-4-2-3-9-15-14-5-6-14/h13-15H,2-12H2,1H3. The minimum Gasteiger partial charge on any atom is -0.314 e. The van der Waals surface area contributed by atoms with E-state index in [-0.39, 0.29) is 0 Å². The van der Waals surface area contributed by atoms with Gasteiger partial charge in [-0.25, -0.2) is 0 Å². The van der Waals surface area contributed by atoms with Crippen LogP contribution < -0.4 is 5.32 Å². The van der Waals surface area contributed by atoms with Crippen LogP contribution in [0.3, 0.4) is 0 Å². The van der Waals surface area contributed by atoms with E-state index < -0.39 is 0 Å². The van der Waals surface area contributed by atoms with Crippen LogP contribution in [0.25, 0.3) is 0 Å². The second kappa shape index (κ2) is 6.61. The molecule has 2 heteroatoms. The van der Waals surface area contributed by atoms with Crippen molar-refractivity contribution in [1.82, 2.24) is 10.2 Å². The Morgan fingerprint density at radius 2 is 1.75 bits per heavy atom. The van der Waals surface area contributed by atoms with E-state index in [1.807, 2.05) is 0 Å². The van der Waals surface area contributed by atoms with Crippen molar-refractivity contribution < 1.29 is 0 Å². The number of hydrogen-bond acceptors (Lipinski definition) is 2. The molecule has 0 spiro atoms. The molecule has 1 heterocycles. The third-order valence-electron chi connectivity index (χ3n) is 4.04. The van der Waals surface area contributed by atoms with Gasteiger partial charge in [0.25, 0.3) is 0 Å². The maximum atomic E-state index is 3.59. The van der Waals surface area contributed by atoms with Crippen LogP contribution in [-0.2, 0) is 0 Å². The molecule has 0 aromatic rings. The number of nitrogens with zero attached hydrogens (tertiary/aromatic N) is 1. The Kier molecular flexibility index (Phi) is 5.11. The first kappa shape index (κ1) is 12.4. The number of nitrogens with one attached hydrogen (secondary N) is 1. The molecule has 2 fully saturated rings. The highest BCUT2D eigenvalue weighted by molar-refractivity contribution is 4.80. The molecule has 0 unspecified atom stereocenters.